The summed E-state index contributed by atoms with van der Waals surface area (Å²) in [5, 5.41) is 13.9. The van der Waals surface area contributed by atoms with E-state index in [1.807, 2.05) is 31.2 Å². The molecular weight excluding hydrogens is 242 g/mol. The van der Waals surface area contributed by atoms with E-state index in [4.69, 9.17) is 9.26 Å². The zero-order valence-corrected chi connectivity index (χ0v) is 10.9. The molecule has 1 heterocycles. The summed E-state index contributed by atoms with van der Waals surface area (Å²) in [6.07, 6.45) is 2.43. The maximum absolute atomic E-state index is 9.99. The predicted octanol–water partition coefficient (Wildman–Crippen LogP) is 2.93. The molecule has 4 nitrogen and oxygen atoms in total. The van der Waals surface area contributed by atoms with Crippen LogP contribution < -0.4 is 4.74 Å². The van der Waals surface area contributed by atoms with E-state index < -0.39 is 0 Å². The number of aromatic nitrogens is 1. The van der Waals surface area contributed by atoms with Crippen LogP contribution >= 0.6 is 0 Å². The number of aliphatic hydroxyl groups excluding tert-OH is 1. The molecule has 0 radical (unpaired) electrons. The van der Waals surface area contributed by atoms with Crippen molar-refractivity contribution < 1.29 is 14.4 Å². The molecule has 0 saturated carbocycles. The number of benzene rings is 1. The van der Waals surface area contributed by atoms with Crippen molar-refractivity contribution in [1.82, 2.24) is 5.16 Å². The monoisotopic (exact) mass is 259 g/mol. The lowest BCUT2D eigenvalue weighted by Gasteiger charge is -2.23. The highest BCUT2D eigenvalue weighted by molar-refractivity contribution is 5.42. The van der Waals surface area contributed by atoms with Crippen LogP contribution in [0, 0.1) is 6.92 Å². The van der Waals surface area contributed by atoms with Gasteiger partial charge in [-0.15, -0.1) is 0 Å². The van der Waals surface area contributed by atoms with Gasteiger partial charge in [-0.3, -0.25) is 0 Å². The van der Waals surface area contributed by atoms with Crippen LogP contribution in [0.4, 0.5) is 0 Å². The van der Waals surface area contributed by atoms with Crippen molar-refractivity contribution in [2.75, 3.05) is 0 Å². The Bertz CT molecular complexity index is 577. The molecule has 1 unspecified atom stereocenters. The second-order valence-corrected chi connectivity index (χ2v) is 4.95. The molecule has 0 bridgehead atoms. The van der Waals surface area contributed by atoms with Crippen LogP contribution in [0.2, 0.25) is 0 Å². The highest BCUT2D eigenvalue weighted by Gasteiger charge is 2.20. The summed E-state index contributed by atoms with van der Waals surface area (Å²) in [7, 11) is 0. The molecule has 4 heteroatoms. The fourth-order valence-electron chi connectivity index (χ4n) is 2.56. The summed E-state index contributed by atoms with van der Waals surface area (Å²) in [6, 6.07) is 7.72. The Kier molecular flexibility index (Phi) is 3.25. The second-order valence-electron chi connectivity index (χ2n) is 4.95. The van der Waals surface area contributed by atoms with Gasteiger partial charge in [-0.25, -0.2) is 0 Å². The van der Waals surface area contributed by atoms with Gasteiger partial charge in [0, 0.05) is 6.07 Å². The first-order chi connectivity index (χ1) is 9.24. The second kappa shape index (κ2) is 5.05. The molecule has 0 spiro atoms. The van der Waals surface area contributed by atoms with Gasteiger partial charge in [0.25, 0.3) is 0 Å². The Morgan fingerprint density at radius 3 is 3.16 bits per heavy atom. The lowest BCUT2D eigenvalue weighted by molar-refractivity contribution is 0.155. The first-order valence-electron chi connectivity index (χ1n) is 6.59. The Balaban J connectivity index is 1.79. The summed E-state index contributed by atoms with van der Waals surface area (Å²) >= 11 is 0. The lowest BCUT2D eigenvalue weighted by atomic mass is 9.89. The number of nitrogens with zero attached hydrogens (tertiary/aromatic N) is 1. The minimum atomic E-state index is -0.360. The van der Waals surface area contributed by atoms with Gasteiger partial charge in [-0.2, -0.15) is 0 Å². The van der Waals surface area contributed by atoms with Crippen LogP contribution in [0.25, 0.3) is 0 Å². The predicted molar refractivity (Wildman–Crippen MR) is 69.9 cm³/mol. The number of ether oxygens (including phenoxy) is 1. The largest absolute Gasteiger partial charge is 0.487 e. The Morgan fingerprint density at radius 2 is 2.37 bits per heavy atom. The first-order valence-corrected chi connectivity index (χ1v) is 6.59. The molecule has 1 aromatic carbocycles. The first kappa shape index (κ1) is 12.2. The van der Waals surface area contributed by atoms with E-state index in [-0.39, 0.29) is 6.10 Å². The molecule has 1 atom stereocenters. The maximum atomic E-state index is 9.99. The third kappa shape index (κ3) is 2.49. The summed E-state index contributed by atoms with van der Waals surface area (Å²) in [4.78, 5) is 0. The Hall–Kier alpha value is -1.81. The number of aryl methyl sites for hydroxylation is 1. The van der Waals surface area contributed by atoms with Crippen molar-refractivity contribution in [2.45, 2.75) is 38.9 Å². The molecular formula is C15H17NO3. The third-order valence-electron chi connectivity index (χ3n) is 3.48. The third-order valence-corrected chi connectivity index (χ3v) is 3.48. The molecule has 1 aliphatic rings. The number of hydrogen-bond acceptors (Lipinski definition) is 4. The van der Waals surface area contributed by atoms with E-state index in [1.165, 1.54) is 0 Å². The quantitative estimate of drug-likeness (QED) is 0.920. The van der Waals surface area contributed by atoms with E-state index in [0.717, 1.165) is 47.6 Å². The molecule has 0 fully saturated rings. The molecule has 1 aliphatic carbocycles. The molecule has 1 aromatic heterocycles. The number of rotatable bonds is 3. The van der Waals surface area contributed by atoms with E-state index in [0.29, 0.717) is 6.61 Å². The average molecular weight is 259 g/mol. The number of hydrogen-bond donors (Lipinski definition) is 1. The highest BCUT2D eigenvalue weighted by atomic mass is 16.5. The van der Waals surface area contributed by atoms with Gasteiger partial charge >= 0.3 is 0 Å². The highest BCUT2D eigenvalue weighted by Crippen LogP contribution is 2.35. The zero-order chi connectivity index (χ0) is 13.2. The SMILES string of the molecule is Cc1cc(COc2cccc3c2CCCC3O)no1. The molecule has 0 aliphatic heterocycles. The Labute approximate surface area is 112 Å². The van der Waals surface area contributed by atoms with Crippen LogP contribution in [0.1, 0.15) is 41.5 Å². The molecule has 2 aromatic rings. The van der Waals surface area contributed by atoms with Crippen molar-refractivity contribution in [3.8, 4) is 5.75 Å². The van der Waals surface area contributed by atoms with Crippen LogP contribution in [0.5, 0.6) is 5.75 Å². The molecule has 3 rings (SSSR count). The number of fused-ring (bicyclic) bond motifs is 1. The fourth-order valence-corrected chi connectivity index (χ4v) is 2.56. The minimum absolute atomic E-state index is 0.360. The van der Waals surface area contributed by atoms with E-state index in [1.54, 1.807) is 0 Å². The van der Waals surface area contributed by atoms with Crippen molar-refractivity contribution in [3.63, 3.8) is 0 Å². The summed E-state index contributed by atoms with van der Waals surface area (Å²) in [5.74, 6) is 1.63. The lowest BCUT2D eigenvalue weighted by Crippen LogP contribution is -2.11. The Morgan fingerprint density at radius 1 is 1.47 bits per heavy atom. The van der Waals surface area contributed by atoms with Gasteiger partial charge in [0.05, 0.1) is 6.10 Å². The van der Waals surface area contributed by atoms with E-state index in [9.17, 15) is 5.11 Å². The minimum Gasteiger partial charge on any atom is -0.487 e. The van der Waals surface area contributed by atoms with Crippen molar-refractivity contribution in [3.05, 3.63) is 46.8 Å². The van der Waals surface area contributed by atoms with Gasteiger partial charge < -0.3 is 14.4 Å². The van der Waals surface area contributed by atoms with Gasteiger partial charge in [0.2, 0.25) is 0 Å². The van der Waals surface area contributed by atoms with Gasteiger partial charge in [-0.1, -0.05) is 17.3 Å². The molecule has 0 saturated heterocycles. The van der Waals surface area contributed by atoms with Crippen molar-refractivity contribution in [1.29, 1.82) is 0 Å². The molecule has 1 N–H and O–H groups in total. The standard InChI is InChI=1S/C15H17NO3/c1-10-8-11(16-19-10)9-18-15-7-3-4-12-13(15)5-2-6-14(12)17/h3-4,7-8,14,17H,2,5-6,9H2,1H3. The average Bonchev–Trinajstić information content (AvgIpc) is 2.83. The van der Waals surface area contributed by atoms with Crippen LogP contribution in [0.15, 0.2) is 28.8 Å². The molecule has 0 amide bonds. The van der Waals surface area contributed by atoms with E-state index >= 15 is 0 Å². The fraction of sp³-hybridized carbons (Fsp3) is 0.400. The molecule has 100 valence electrons. The zero-order valence-electron chi connectivity index (χ0n) is 10.9. The maximum Gasteiger partial charge on any atom is 0.134 e. The summed E-state index contributed by atoms with van der Waals surface area (Å²) < 4.78 is 10.8. The summed E-state index contributed by atoms with van der Waals surface area (Å²) in [5.41, 5.74) is 2.91. The van der Waals surface area contributed by atoms with Crippen LogP contribution in [0.3, 0.4) is 0 Å². The van der Waals surface area contributed by atoms with Crippen molar-refractivity contribution >= 4 is 0 Å². The normalized spacial score (nSPS) is 18.1. The number of aliphatic hydroxyl groups is 1. The van der Waals surface area contributed by atoms with Gasteiger partial charge in [0.1, 0.15) is 23.8 Å². The van der Waals surface area contributed by atoms with Crippen LogP contribution in [-0.4, -0.2) is 10.3 Å². The van der Waals surface area contributed by atoms with E-state index in [2.05, 4.69) is 5.16 Å². The van der Waals surface area contributed by atoms with Crippen LogP contribution in [-0.2, 0) is 13.0 Å². The summed E-state index contributed by atoms with van der Waals surface area (Å²) in [6.45, 7) is 2.25. The van der Waals surface area contributed by atoms with Gasteiger partial charge in [-0.05, 0) is 43.4 Å². The topological polar surface area (TPSA) is 55.5 Å². The smallest absolute Gasteiger partial charge is 0.134 e. The van der Waals surface area contributed by atoms with Gasteiger partial charge in [0.15, 0.2) is 0 Å². The van der Waals surface area contributed by atoms with Crippen molar-refractivity contribution in [2.24, 2.45) is 0 Å². The molecule has 19 heavy (non-hydrogen) atoms.